The van der Waals surface area contributed by atoms with Crippen molar-refractivity contribution in [2.45, 2.75) is 63.0 Å². The van der Waals surface area contributed by atoms with E-state index in [1.807, 2.05) is 6.07 Å². The van der Waals surface area contributed by atoms with Crippen LogP contribution in [-0.2, 0) is 11.8 Å². The zero-order valence-electron chi connectivity index (χ0n) is 14.9. The van der Waals surface area contributed by atoms with E-state index in [2.05, 4.69) is 25.6 Å². The summed E-state index contributed by atoms with van der Waals surface area (Å²) in [6.45, 7) is 6.59. The van der Waals surface area contributed by atoms with Crippen LogP contribution in [0.2, 0.25) is 0 Å². The van der Waals surface area contributed by atoms with E-state index in [-0.39, 0.29) is 23.0 Å². The summed E-state index contributed by atoms with van der Waals surface area (Å²) in [5.74, 6) is 2.55. The Morgan fingerprint density at radius 3 is 3.00 bits per heavy atom. The second-order valence-corrected chi connectivity index (χ2v) is 9.59. The van der Waals surface area contributed by atoms with Crippen molar-refractivity contribution in [1.82, 2.24) is 0 Å². The molecule has 132 valence electrons. The van der Waals surface area contributed by atoms with E-state index in [1.54, 1.807) is 0 Å². The fourth-order valence-corrected chi connectivity index (χ4v) is 8.28. The molecule has 6 rings (SSSR count). The number of ether oxygens (including phenoxy) is 1. The first kappa shape index (κ1) is 14.7. The quantitative estimate of drug-likeness (QED) is 0.810. The number of fused-ring (bicyclic) bond motifs is 1. The van der Waals surface area contributed by atoms with Gasteiger partial charge in [-0.2, -0.15) is 0 Å². The number of aromatic hydroxyl groups is 1. The summed E-state index contributed by atoms with van der Waals surface area (Å²) in [5, 5.41) is 10.5. The molecule has 25 heavy (non-hydrogen) atoms. The molecule has 4 aliphatic carbocycles. The molecule has 2 bridgehead atoms. The van der Waals surface area contributed by atoms with Crippen LogP contribution in [0.3, 0.4) is 0 Å². The summed E-state index contributed by atoms with van der Waals surface area (Å²) in [7, 11) is 0. The highest BCUT2D eigenvalue weighted by molar-refractivity contribution is 5.62. The van der Waals surface area contributed by atoms with Gasteiger partial charge in [0.2, 0.25) is 0 Å². The molecule has 1 aromatic rings. The summed E-state index contributed by atoms with van der Waals surface area (Å²) in [4.78, 5) is 0. The highest BCUT2D eigenvalue weighted by Gasteiger charge is 2.81. The van der Waals surface area contributed by atoms with Crippen molar-refractivity contribution in [2.24, 2.45) is 28.4 Å². The first-order valence-electron chi connectivity index (χ1n) is 9.88. The first-order chi connectivity index (χ1) is 12.0. The molecule has 0 saturated heterocycles. The van der Waals surface area contributed by atoms with Gasteiger partial charge in [-0.05, 0) is 72.8 Å². The Morgan fingerprint density at radius 1 is 1.36 bits per heavy atom. The van der Waals surface area contributed by atoms with Crippen LogP contribution in [0, 0.1) is 22.7 Å². The Labute approximate surface area is 149 Å². The lowest BCUT2D eigenvalue weighted by Gasteiger charge is -2.58. The van der Waals surface area contributed by atoms with E-state index in [0.717, 1.165) is 43.3 Å². The highest BCUT2D eigenvalue weighted by Crippen LogP contribution is 2.84. The fourth-order valence-electron chi connectivity index (χ4n) is 8.28. The van der Waals surface area contributed by atoms with Crippen LogP contribution in [0.15, 0.2) is 24.8 Å². The average molecular weight is 337 g/mol. The van der Waals surface area contributed by atoms with Crippen molar-refractivity contribution in [3.8, 4) is 11.5 Å². The molecule has 0 radical (unpaired) electrons. The largest absolute Gasteiger partial charge is 0.504 e. The predicted molar refractivity (Wildman–Crippen MR) is 96.7 cm³/mol. The molecule has 0 amide bonds. The zero-order chi connectivity index (χ0) is 17.2. The van der Waals surface area contributed by atoms with Crippen molar-refractivity contribution in [3.63, 3.8) is 0 Å². The van der Waals surface area contributed by atoms with Gasteiger partial charge in [0, 0.05) is 17.0 Å². The van der Waals surface area contributed by atoms with Crippen LogP contribution < -0.4 is 10.5 Å². The molecule has 1 aromatic carbocycles. The third-order valence-electron chi connectivity index (χ3n) is 9.09. The number of phenols is 1. The van der Waals surface area contributed by atoms with E-state index in [0.29, 0.717) is 11.2 Å². The number of rotatable bonds is 2. The molecule has 3 fully saturated rings. The average Bonchev–Trinajstić information content (AvgIpc) is 3.07. The van der Waals surface area contributed by atoms with Crippen molar-refractivity contribution < 1.29 is 9.84 Å². The Bertz CT molecular complexity index is 818. The maximum Gasteiger partial charge on any atom is 0.165 e. The molecule has 3 N–H and O–H groups in total. The van der Waals surface area contributed by atoms with Crippen LogP contribution >= 0.6 is 0 Å². The Balaban J connectivity index is 1.67. The lowest BCUT2D eigenvalue weighted by Crippen LogP contribution is -2.64. The lowest BCUT2D eigenvalue weighted by molar-refractivity contribution is -0.0708. The Kier molecular flexibility index (Phi) is 2.40. The molecule has 3 heteroatoms. The van der Waals surface area contributed by atoms with Crippen LogP contribution in [0.25, 0.3) is 0 Å². The van der Waals surface area contributed by atoms with Gasteiger partial charge in [-0.15, -0.1) is 6.58 Å². The fraction of sp³-hybridized carbons (Fsp3) is 0.636. The van der Waals surface area contributed by atoms with Crippen LogP contribution in [0.5, 0.6) is 11.5 Å². The number of hydrogen-bond donors (Lipinski definition) is 2. The summed E-state index contributed by atoms with van der Waals surface area (Å²) in [6, 6.07) is 4.06. The molecule has 3 saturated carbocycles. The number of nitrogens with two attached hydrogens (primary N) is 1. The van der Waals surface area contributed by atoms with Gasteiger partial charge in [0.1, 0.15) is 6.10 Å². The standard InChI is InChI=1S/C22H27NO2/c1-3-7-21-9-10-22-16-12-4-5-15(24)17(16)25-19(22)14(23)6-8-20(22,2)18(21)13(21)11-12/h3-5,13-14,18-19,24H,1,6-11,23H2,2H3/t13?,14-,18?,19+,20+,21?,22+/m1/s1. The predicted octanol–water partition coefficient (Wildman–Crippen LogP) is 3.68. The normalized spacial score (nSPS) is 50.5. The third kappa shape index (κ3) is 1.30. The van der Waals surface area contributed by atoms with Crippen LogP contribution in [0.4, 0.5) is 0 Å². The van der Waals surface area contributed by atoms with Gasteiger partial charge in [-0.3, -0.25) is 0 Å². The number of phenolic OH excluding ortho intramolecular Hbond substituents is 1. The third-order valence-corrected chi connectivity index (χ3v) is 9.09. The molecule has 1 spiro atoms. The van der Waals surface area contributed by atoms with Gasteiger partial charge >= 0.3 is 0 Å². The van der Waals surface area contributed by atoms with Crippen molar-refractivity contribution >= 4 is 0 Å². The van der Waals surface area contributed by atoms with Crippen molar-refractivity contribution in [3.05, 3.63) is 35.9 Å². The zero-order valence-corrected chi connectivity index (χ0v) is 14.9. The molecular weight excluding hydrogens is 310 g/mol. The molecule has 5 aliphatic rings. The van der Waals surface area contributed by atoms with Gasteiger partial charge in [0.05, 0.1) is 0 Å². The highest BCUT2D eigenvalue weighted by atomic mass is 16.5. The van der Waals surface area contributed by atoms with Crippen molar-refractivity contribution in [2.75, 3.05) is 0 Å². The minimum absolute atomic E-state index is 0.00530. The van der Waals surface area contributed by atoms with E-state index < -0.39 is 0 Å². The van der Waals surface area contributed by atoms with Gasteiger partial charge in [0.25, 0.3) is 0 Å². The van der Waals surface area contributed by atoms with Gasteiger partial charge in [-0.25, -0.2) is 0 Å². The minimum atomic E-state index is -0.00530. The van der Waals surface area contributed by atoms with Gasteiger partial charge in [-0.1, -0.05) is 19.1 Å². The SMILES string of the molecule is C=CCC12CC[C@]34c5c6ccc(O)c5O[C@H]3[C@H](N)CC[C@@]4(C)C1C2C6. The maximum absolute atomic E-state index is 10.5. The Morgan fingerprint density at radius 2 is 2.20 bits per heavy atom. The topological polar surface area (TPSA) is 55.5 Å². The van der Waals surface area contributed by atoms with Crippen LogP contribution in [-0.4, -0.2) is 17.3 Å². The van der Waals surface area contributed by atoms with Gasteiger partial charge < -0.3 is 15.6 Å². The molecule has 1 aliphatic heterocycles. The smallest absolute Gasteiger partial charge is 0.165 e. The monoisotopic (exact) mass is 337 g/mol. The molecule has 1 heterocycles. The molecule has 7 atom stereocenters. The Hall–Kier alpha value is -1.48. The maximum atomic E-state index is 10.5. The molecule has 3 nitrogen and oxygen atoms in total. The number of allylic oxidation sites excluding steroid dienone is 1. The van der Waals surface area contributed by atoms with E-state index in [1.165, 1.54) is 24.0 Å². The molecular formula is C22H27NO2. The number of benzene rings is 1. The van der Waals surface area contributed by atoms with Crippen molar-refractivity contribution in [1.29, 1.82) is 0 Å². The van der Waals surface area contributed by atoms with E-state index >= 15 is 0 Å². The molecule has 3 unspecified atom stereocenters. The summed E-state index contributed by atoms with van der Waals surface area (Å²) >= 11 is 0. The first-order valence-corrected chi connectivity index (χ1v) is 9.88. The van der Waals surface area contributed by atoms with Gasteiger partial charge in [0.15, 0.2) is 11.5 Å². The minimum Gasteiger partial charge on any atom is -0.504 e. The number of hydrogen-bond acceptors (Lipinski definition) is 3. The van der Waals surface area contributed by atoms with E-state index in [9.17, 15) is 5.11 Å². The van der Waals surface area contributed by atoms with E-state index in [4.69, 9.17) is 10.5 Å². The second kappa shape index (κ2) is 4.09. The summed E-state index contributed by atoms with van der Waals surface area (Å²) in [5.41, 5.74) is 10.0. The summed E-state index contributed by atoms with van der Waals surface area (Å²) in [6.07, 6.45) is 9.06. The summed E-state index contributed by atoms with van der Waals surface area (Å²) < 4.78 is 6.45. The van der Waals surface area contributed by atoms with Crippen LogP contribution in [0.1, 0.15) is 50.2 Å². The molecule has 0 aromatic heterocycles. The second-order valence-electron chi connectivity index (χ2n) is 9.59. The lowest BCUT2D eigenvalue weighted by atomic mass is 9.45.